The SMILES string of the molecule is CC(C)(O)CN1CCc2cccc(N)c2C1. The highest BCUT2D eigenvalue weighted by molar-refractivity contribution is 5.51. The molecule has 1 aliphatic rings. The van der Waals surface area contributed by atoms with Gasteiger partial charge in [0.2, 0.25) is 0 Å². The lowest BCUT2D eigenvalue weighted by molar-refractivity contribution is 0.0318. The molecule has 0 saturated carbocycles. The van der Waals surface area contributed by atoms with Crippen molar-refractivity contribution in [1.29, 1.82) is 0 Å². The Bertz CT molecular complexity index is 382. The molecule has 3 nitrogen and oxygen atoms in total. The molecule has 2 rings (SSSR count). The number of benzene rings is 1. The van der Waals surface area contributed by atoms with Crippen molar-refractivity contribution in [3.63, 3.8) is 0 Å². The van der Waals surface area contributed by atoms with E-state index in [9.17, 15) is 5.11 Å². The van der Waals surface area contributed by atoms with Crippen LogP contribution in [0.3, 0.4) is 0 Å². The second-order valence-corrected chi connectivity index (χ2v) is 5.26. The Balaban J connectivity index is 2.14. The standard InChI is InChI=1S/C13H20N2O/c1-13(2,16)9-15-7-6-10-4-3-5-12(14)11(10)8-15/h3-5,16H,6-9,14H2,1-2H3. The molecule has 0 aromatic heterocycles. The van der Waals surface area contributed by atoms with Gasteiger partial charge < -0.3 is 10.8 Å². The summed E-state index contributed by atoms with van der Waals surface area (Å²) in [7, 11) is 0. The minimum Gasteiger partial charge on any atom is -0.398 e. The van der Waals surface area contributed by atoms with Crippen LogP contribution in [0.15, 0.2) is 18.2 Å². The summed E-state index contributed by atoms with van der Waals surface area (Å²) in [6.07, 6.45) is 1.02. The van der Waals surface area contributed by atoms with Crippen molar-refractivity contribution in [3.05, 3.63) is 29.3 Å². The molecule has 0 bridgehead atoms. The van der Waals surface area contributed by atoms with Crippen LogP contribution in [0, 0.1) is 0 Å². The van der Waals surface area contributed by atoms with E-state index in [1.165, 1.54) is 11.1 Å². The molecule has 0 atom stereocenters. The van der Waals surface area contributed by atoms with Crippen molar-refractivity contribution in [3.8, 4) is 0 Å². The monoisotopic (exact) mass is 220 g/mol. The number of nitrogens with two attached hydrogens (primary N) is 1. The Kier molecular flexibility index (Phi) is 2.91. The molecule has 0 saturated heterocycles. The van der Waals surface area contributed by atoms with Crippen LogP contribution in [-0.2, 0) is 13.0 Å². The zero-order valence-electron chi connectivity index (χ0n) is 10.0. The smallest absolute Gasteiger partial charge is 0.0718 e. The molecule has 0 fully saturated rings. The van der Waals surface area contributed by atoms with Crippen LogP contribution in [0.5, 0.6) is 0 Å². The van der Waals surface area contributed by atoms with Crippen LogP contribution in [0.2, 0.25) is 0 Å². The van der Waals surface area contributed by atoms with Gasteiger partial charge >= 0.3 is 0 Å². The molecule has 3 N–H and O–H groups in total. The van der Waals surface area contributed by atoms with Gasteiger partial charge in [-0.25, -0.2) is 0 Å². The second-order valence-electron chi connectivity index (χ2n) is 5.26. The van der Waals surface area contributed by atoms with E-state index in [0.29, 0.717) is 6.54 Å². The number of hydrogen-bond donors (Lipinski definition) is 2. The molecule has 1 heterocycles. The molecule has 1 aromatic rings. The highest BCUT2D eigenvalue weighted by atomic mass is 16.3. The first-order valence-electron chi connectivity index (χ1n) is 5.77. The van der Waals surface area contributed by atoms with Crippen LogP contribution in [-0.4, -0.2) is 28.7 Å². The minimum absolute atomic E-state index is 0.638. The maximum Gasteiger partial charge on any atom is 0.0718 e. The van der Waals surface area contributed by atoms with Crippen molar-refractivity contribution < 1.29 is 5.11 Å². The molecule has 3 heteroatoms. The Hall–Kier alpha value is -1.06. The fourth-order valence-electron chi connectivity index (χ4n) is 2.34. The Morgan fingerprint density at radius 3 is 2.88 bits per heavy atom. The van der Waals surface area contributed by atoms with Gasteiger partial charge in [0.1, 0.15) is 0 Å². The quantitative estimate of drug-likeness (QED) is 0.741. The minimum atomic E-state index is -0.638. The highest BCUT2D eigenvalue weighted by Gasteiger charge is 2.23. The number of nitrogens with zero attached hydrogens (tertiary/aromatic N) is 1. The summed E-state index contributed by atoms with van der Waals surface area (Å²) in [5.74, 6) is 0. The zero-order valence-corrected chi connectivity index (χ0v) is 10.0. The number of fused-ring (bicyclic) bond motifs is 1. The first kappa shape index (κ1) is 11.4. The summed E-state index contributed by atoms with van der Waals surface area (Å²) < 4.78 is 0. The van der Waals surface area contributed by atoms with Crippen LogP contribution < -0.4 is 5.73 Å². The van der Waals surface area contributed by atoms with Gasteiger partial charge in [-0.05, 0) is 37.5 Å². The summed E-state index contributed by atoms with van der Waals surface area (Å²) in [5.41, 5.74) is 8.80. The molecular formula is C13H20N2O. The van der Waals surface area contributed by atoms with Crippen molar-refractivity contribution in [1.82, 2.24) is 4.90 Å². The number of nitrogen functional groups attached to an aromatic ring is 1. The number of β-amino-alcohol motifs (C(OH)–C–C–N with tert-alkyl or cyclic N) is 1. The van der Waals surface area contributed by atoms with Gasteiger partial charge in [0.15, 0.2) is 0 Å². The summed E-state index contributed by atoms with van der Waals surface area (Å²) >= 11 is 0. The second kappa shape index (κ2) is 4.07. The molecule has 0 amide bonds. The van der Waals surface area contributed by atoms with Crippen LogP contribution in [0.4, 0.5) is 5.69 Å². The third kappa shape index (κ3) is 2.54. The van der Waals surface area contributed by atoms with E-state index >= 15 is 0 Å². The number of hydrogen-bond acceptors (Lipinski definition) is 3. The Morgan fingerprint density at radius 1 is 1.44 bits per heavy atom. The van der Waals surface area contributed by atoms with E-state index in [2.05, 4.69) is 11.0 Å². The topological polar surface area (TPSA) is 49.5 Å². The van der Waals surface area contributed by atoms with Gasteiger partial charge in [0.25, 0.3) is 0 Å². The molecule has 0 radical (unpaired) electrons. The Morgan fingerprint density at radius 2 is 2.19 bits per heavy atom. The molecule has 16 heavy (non-hydrogen) atoms. The average molecular weight is 220 g/mol. The van der Waals surface area contributed by atoms with Crippen molar-refractivity contribution in [2.45, 2.75) is 32.4 Å². The van der Waals surface area contributed by atoms with E-state index < -0.39 is 5.60 Å². The van der Waals surface area contributed by atoms with E-state index in [4.69, 9.17) is 5.73 Å². The summed E-state index contributed by atoms with van der Waals surface area (Å²) in [6, 6.07) is 6.11. The summed E-state index contributed by atoms with van der Waals surface area (Å²) in [4.78, 5) is 2.26. The maximum atomic E-state index is 9.81. The van der Waals surface area contributed by atoms with Crippen molar-refractivity contribution in [2.24, 2.45) is 0 Å². The predicted molar refractivity (Wildman–Crippen MR) is 66.1 cm³/mol. The molecule has 0 spiro atoms. The highest BCUT2D eigenvalue weighted by Crippen LogP contribution is 2.24. The van der Waals surface area contributed by atoms with Gasteiger partial charge in [0, 0.05) is 25.3 Å². The average Bonchev–Trinajstić information content (AvgIpc) is 2.17. The van der Waals surface area contributed by atoms with Crippen LogP contribution >= 0.6 is 0 Å². The molecule has 1 aromatic carbocycles. The van der Waals surface area contributed by atoms with Crippen molar-refractivity contribution in [2.75, 3.05) is 18.8 Å². The molecular weight excluding hydrogens is 200 g/mol. The van der Waals surface area contributed by atoms with E-state index in [0.717, 1.165) is 25.2 Å². The predicted octanol–water partition coefficient (Wildman–Crippen LogP) is 1.40. The molecule has 88 valence electrons. The first-order chi connectivity index (χ1) is 7.46. The maximum absolute atomic E-state index is 9.81. The van der Waals surface area contributed by atoms with Gasteiger partial charge in [-0.3, -0.25) is 4.90 Å². The van der Waals surface area contributed by atoms with E-state index in [-0.39, 0.29) is 0 Å². The first-order valence-corrected chi connectivity index (χ1v) is 5.77. The third-order valence-electron chi connectivity index (χ3n) is 3.00. The Labute approximate surface area is 96.9 Å². The van der Waals surface area contributed by atoms with Gasteiger partial charge in [-0.1, -0.05) is 12.1 Å². The molecule has 1 aliphatic heterocycles. The zero-order chi connectivity index (χ0) is 11.8. The molecule has 0 unspecified atom stereocenters. The number of anilines is 1. The normalized spacial score (nSPS) is 17.2. The third-order valence-corrected chi connectivity index (χ3v) is 3.00. The summed E-state index contributed by atoms with van der Waals surface area (Å²) in [5, 5.41) is 9.81. The fraction of sp³-hybridized carbons (Fsp3) is 0.538. The van der Waals surface area contributed by atoms with Gasteiger partial charge in [0.05, 0.1) is 5.60 Å². The fourth-order valence-corrected chi connectivity index (χ4v) is 2.34. The number of rotatable bonds is 2. The van der Waals surface area contributed by atoms with Crippen molar-refractivity contribution >= 4 is 5.69 Å². The van der Waals surface area contributed by atoms with E-state index in [1.807, 2.05) is 26.0 Å². The van der Waals surface area contributed by atoms with Crippen LogP contribution in [0.1, 0.15) is 25.0 Å². The van der Waals surface area contributed by atoms with E-state index in [1.54, 1.807) is 0 Å². The summed E-state index contributed by atoms with van der Waals surface area (Å²) in [6.45, 7) is 6.24. The lowest BCUT2D eigenvalue weighted by Crippen LogP contribution is -2.41. The number of aliphatic hydroxyl groups is 1. The largest absolute Gasteiger partial charge is 0.398 e. The van der Waals surface area contributed by atoms with Gasteiger partial charge in [-0.15, -0.1) is 0 Å². The lowest BCUT2D eigenvalue weighted by Gasteiger charge is -2.33. The van der Waals surface area contributed by atoms with Crippen LogP contribution in [0.25, 0.3) is 0 Å². The lowest BCUT2D eigenvalue weighted by atomic mass is 9.97. The molecule has 0 aliphatic carbocycles. The van der Waals surface area contributed by atoms with Gasteiger partial charge in [-0.2, -0.15) is 0 Å².